The molecule has 1 aliphatic rings. The molecule has 0 aliphatic carbocycles. The average Bonchev–Trinajstić information content (AvgIpc) is 3.24. The van der Waals surface area contributed by atoms with Crippen molar-refractivity contribution < 1.29 is 22.5 Å². The Balaban J connectivity index is 1.52. The van der Waals surface area contributed by atoms with Gasteiger partial charge in [-0.1, -0.05) is 6.07 Å². The first kappa shape index (κ1) is 16.9. The number of piperazine rings is 1. The van der Waals surface area contributed by atoms with Crippen molar-refractivity contribution >= 4 is 27.3 Å². The summed E-state index contributed by atoms with van der Waals surface area (Å²) < 4.78 is 36.7. The molecule has 0 bridgehead atoms. The van der Waals surface area contributed by atoms with E-state index in [0.717, 1.165) is 0 Å². The normalized spacial score (nSPS) is 16.3. The molecule has 0 spiro atoms. The van der Waals surface area contributed by atoms with E-state index in [1.165, 1.54) is 15.6 Å². The van der Waals surface area contributed by atoms with Gasteiger partial charge in [-0.25, -0.2) is 8.42 Å². The zero-order valence-electron chi connectivity index (χ0n) is 13.0. The highest BCUT2D eigenvalue weighted by atomic mass is 32.2. The molecule has 8 nitrogen and oxygen atoms in total. The van der Waals surface area contributed by atoms with Crippen LogP contribution in [0.3, 0.4) is 0 Å². The van der Waals surface area contributed by atoms with E-state index in [4.69, 9.17) is 9.26 Å². The zero-order chi connectivity index (χ0) is 17.2. The van der Waals surface area contributed by atoms with Gasteiger partial charge in [-0.2, -0.15) is 4.31 Å². The highest BCUT2D eigenvalue weighted by Crippen LogP contribution is 2.22. The van der Waals surface area contributed by atoms with Gasteiger partial charge in [-0.05, 0) is 23.5 Å². The Bertz CT molecular complexity index is 792. The van der Waals surface area contributed by atoms with Crippen molar-refractivity contribution in [1.29, 1.82) is 0 Å². The molecule has 0 unspecified atom stereocenters. The average molecular weight is 371 g/mol. The van der Waals surface area contributed by atoms with Crippen LogP contribution in [0.15, 0.2) is 32.3 Å². The van der Waals surface area contributed by atoms with Crippen molar-refractivity contribution in [3.05, 3.63) is 29.3 Å². The second-order valence-corrected chi connectivity index (χ2v) is 8.39. The highest BCUT2D eigenvalue weighted by Gasteiger charge is 2.30. The van der Waals surface area contributed by atoms with Crippen LogP contribution >= 0.6 is 11.3 Å². The van der Waals surface area contributed by atoms with Gasteiger partial charge < -0.3 is 14.2 Å². The van der Waals surface area contributed by atoms with Crippen LogP contribution in [-0.2, 0) is 14.8 Å². The number of hydrogen-bond donors (Lipinski definition) is 0. The molecule has 1 fully saturated rings. The van der Waals surface area contributed by atoms with Crippen LogP contribution in [0.25, 0.3) is 0 Å². The molecular formula is C14H17N3O5S2. The second kappa shape index (κ2) is 6.91. The predicted octanol–water partition coefficient (Wildman–Crippen LogP) is 0.956. The summed E-state index contributed by atoms with van der Waals surface area (Å²) in [5, 5.41) is 5.38. The van der Waals surface area contributed by atoms with Crippen LogP contribution in [-0.4, -0.2) is 61.5 Å². The van der Waals surface area contributed by atoms with Crippen LogP contribution in [0.2, 0.25) is 0 Å². The molecule has 0 aromatic carbocycles. The molecule has 1 amide bonds. The number of hydrogen-bond acceptors (Lipinski definition) is 7. The quantitative estimate of drug-likeness (QED) is 0.777. The van der Waals surface area contributed by atoms with E-state index in [1.807, 2.05) is 0 Å². The summed E-state index contributed by atoms with van der Waals surface area (Å²) in [6, 6.07) is 4.89. The number of sulfonamides is 1. The number of aryl methyl sites for hydroxylation is 1. The van der Waals surface area contributed by atoms with Crippen LogP contribution in [0.1, 0.15) is 5.76 Å². The lowest BCUT2D eigenvalue weighted by Crippen LogP contribution is -2.51. The maximum Gasteiger partial charge on any atom is 0.260 e. The van der Waals surface area contributed by atoms with E-state index in [1.54, 1.807) is 35.4 Å². The van der Waals surface area contributed by atoms with E-state index in [9.17, 15) is 13.2 Å². The van der Waals surface area contributed by atoms with Crippen LogP contribution < -0.4 is 4.74 Å². The Morgan fingerprint density at radius 1 is 1.38 bits per heavy atom. The third-order valence-electron chi connectivity index (χ3n) is 3.63. The Kier molecular flexibility index (Phi) is 4.88. The van der Waals surface area contributed by atoms with Crippen LogP contribution in [0.4, 0.5) is 0 Å². The van der Waals surface area contributed by atoms with Gasteiger partial charge in [0.2, 0.25) is 0 Å². The molecule has 3 heterocycles. The van der Waals surface area contributed by atoms with Crippen molar-refractivity contribution in [1.82, 2.24) is 14.4 Å². The summed E-state index contributed by atoms with van der Waals surface area (Å²) in [7, 11) is -3.46. The molecule has 2 aromatic rings. The molecule has 1 aliphatic heterocycles. The molecule has 24 heavy (non-hydrogen) atoms. The first-order valence-electron chi connectivity index (χ1n) is 7.34. The third-order valence-corrected chi connectivity index (χ3v) is 6.90. The summed E-state index contributed by atoms with van der Waals surface area (Å²) >= 11 is 1.19. The third kappa shape index (κ3) is 3.60. The van der Waals surface area contributed by atoms with Crippen molar-refractivity contribution in [2.75, 3.05) is 32.8 Å². The number of aromatic nitrogens is 1. The molecular weight excluding hydrogens is 354 g/mol. The number of amides is 1. The van der Waals surface area contributed by atoms with Gasteiger partial charge >= 0.3 is 0 Å². The van der Waals surface area contributed by atoms with Gasteiger partial charge in [0.25, 0.3) is 21.8 Å². The summed E-state index contributed by atoms with van der Waals surface area (Å²) in [6.45, 7) is 2.80. The molecule has 10 heteroatoms. The molecule has 0 radical (unpaired) electrons. The summed E-state index contributed by atoms with van der Waals surface area (Å²) in [5.74, 6) is 0.661. The van der Waals surface area contributed by atoms with Crippen molar-refractivity contribution in [3.63, 3.8) is 0 Å². The summed E-state index contributed by atoms with van der Waals surface area (Å²) in [4.78, 5) is 13.7. The van der Waals surface area contributed by atoms with Gasteiger partial charge in [-0.3, -0.25) is 4.79 Å². The molecule has 0 saturated carbocycles. The van der Waals surface area contributed by atoms with Crippen LogP contribution in [0, 0.1) is 6.92 Å². The minimum Gasteiger partial charge on any atom is -0.465 e. The Morgan fingerprint density at radius 3 is 2.71 bits per heavy atom. The lowest BCUT2D eigenvalue weighted by molar-refractivity contribution is -0.134. The number of rotatable bonds is 5. The van der Waals surface area contributed by atoms with Gasteiger partial charge in [0.05, 0.1) is 0 Å². The number of carbonyl (C=O) groups excluding carboxylic acids is 1. The van der Waals surface area contributed by atoms with Crippen LogP contribution in [0.5, 0.6) is 5.88 Å². The van der Waals surface area contributed by atoms with Gasteiger partial charge in [0, 0.05) is 32.2 Å². The Morgan fingerprint density at radius 2 is 2.12 bits per heavy atom. The van der Waals surface area contributed by atoms with E-state index >= 15 is 0 Å². The number of carbonyl (C=O) groups is 1. The van der Waals surface area contributed by atoms with E-state index < -0.39 is 10.0 Å². The smallest absolute Gasteiger partial charge is 0.260 e. The fraction of sp³-hybridized carbons (Fsp3) is 0.429. The fourth-order valence-electron chi connectivity index (χ4n) is 2.35. The van der Waals surface area contributed by atoms with Crippen molar-refractivity contribution in [2.45, 2.75) is 11.1 Å². The minimum absolute atomic E-state index is 0.149. The molecule has 0 N–H and O–H groups in total. The molecule has 1 saturated heterocycles. The van der Waals surface area contributed by atoms with E-state index in [-0.39, 0.29) is 31.5 Å². The number of nitrogens with zero attached hydrogens (tertiary/aromatic N) is 3. The number of ether oxygens (including phenoxy) is 1. The predicted molar refractivity (Wildman–Crippen MR) is 86.4 cm³/mol. The molecule has 0 atom stereocenters. The Labute approximate surface area is 143 Å². The SMILES string of the molecule is Cc1cc(OCC(=O)N2CCN(S(=O)(=O)c3cccs3)CC2)no1. The van der Waals surface area contributed by atoms with E-state index in [2.05, 4.69) is 5.16 Å². The lowest BCUT2D eigenvalue weighted by Gasteiger charge is -2.33. The molecule has 2 aromatic heterocycles. The second-order valence-electron chi connectivity index (χ2n) is 5.28. The largest absolute Gasteiger partial charge is 0.465 e. The monoisotopic (exact) mass is 371 g/mol. The van der Waals surface area contributed by atoms with Gasteiger partial charge in [-0.15, -0.1) is 11.3 Å². The van der Waals surface area contributed by atoms with Crippen molar-refractivity contribution in [3.8, 4) is 5.88 Å². The fourth-order valence-corrected chi connectivity index (χ4v) is 4.92. The molecule has 3 rings (SSSR count). The van der Waals surface area contributed by atoms with Gasteiger partial charge in [0.15, 0.2) is 6.61 Å². The summed E-state index contributed by atoms with van der Waals surface area (Å²) in [5.41, 5.74) is 0. The first-order chi connectivity index (χ1) is 11.5. The molecule has 130 valence electrons. The zero-order valence-corrected chi connectivity index (χ0v) is 14.7. The number of thiophene rings is 1. The first-order valence-corrected chi connectivity index (χ1v) is 9.66. The minimum atomic E-state index is -3.46. The Hall–Kier alpha value is -1.91. The maximum absolute atomic E-state index is 12.4. The van der Waals surface area contributed by atoms with Gasteiger partial charge in [0.1, 0.15) is 9.97 Å². The topological polar surface area (TPSA) is 93.0 Å². The standard InChI is InChI=1S/C14H17N3O5S2/c1-11-9-12(15-22-11)21-10-13(18)16-4-6-17(7-5-16)24(19,20)14-3-2-8-23-14/h2-3,8-9H,4-7,10H2,1H3. The van der Waals surface area contributed by atoms with E-state index in [0.29, 0.717) is 23.1 Å². The summed E-state index contributed by atoms with van der Waals surface area (Å²) in [6.07, 6.45) is 0. The highest BCUT2D eigenvalue weighted by molar-refractivity contribution is 7.91. The lowest BCUT2D eigenvalue weighted by atomic mass is 10.3. The van der Waals surface area contributed by atoms with Crippen molar-refractivity contribution in [2.24, 2.45) is 0 Å². The maximum atomic E-state index is 12.4.